The third-order valence-corrected chi connectivity index (χ3v) is 9.18. The van der Waals surface area contributed by atoms with Gasteiger partial charge in [0.25, 0.3) is 0 Å². The Morgan fingerprint density at radius 1 is 1.19 bits per heavy atom. The fourth-order valence-electron chi connectivity index (χ4n) is 4.88. The Morgan fingerprint density at radius 2 is 1.88 bits per heavy atom. The fourth-order valence-corrected chi connectivity index (χ4v) is 7.34. The number of carbonyl (C=O) groups excluding carboxylic acids is 1. The van der Waals surface area contributed by atoms with Gasteiger partial charge < -0.3 is 9.64 Å². The minimum absolute atomic E-state index is 0.0386. The van der Waals surface area contributed by atoms with E-state index in [-0.39, 0.29) is 35.8 Å². The number of rotatable bonds is 5. The largest absolute Gasteiger partial charge is 0.488 e. The Kier molecular flexibility index (Phi) is 6.20. The zero-order valence-corrected chi connectivity index (χ0v) is 19.2. The molecule has 5 nitrogen and oxygen atoms in total. The molecule has 0 aliphatic carbocycles. The number of carbonyl (C=O) groups is 1. The zero-order valence-electron chi connectivity index (χ0n) is 17.6. The summed E-state index contributed by atoms with van der Waals surface area (Å²) in [5, 5.41) is 0.350. The number of unbranched alkanes of at least 4 members (excludes halogenated alkanes) is 1. The molecule has 2 aliphatic rings. The molecule has 2 aromatic rings. The van der Waals surface area contributed by atoms with E-state index in [0.29, 0.717) is 24.4 Å². The molecule has 32 heavy (non-hydrogen) atoms. The quantitative estimate of drug-likeness (QED) is 0.609. The van der Waals surface area contributed by atoms with Crippen LogP contribution in [-0.4, -0.2) is 38.4 Å². The van der Waals surface area contributed by atoms with Crippen LogP contribution in [0.25, 0.3) is 0 Å². The van der Waals surface area contributed by atoms with Crippen molar-refractivity contribution in [1.29, 1.82) is 0 Å². The highest BCUT2D eigenvalue weighted by Crippen LogP contribution is 2.53. The summed E-state index contributed by atoms with van der Waals surface area (Å²) in [6.45, 7) is 2.05. The maximum atomic E-state index is 15.3. The van der Waals surface area contributed by atoms with Gasteiger partial charge in [0.05, 0.1) is 16.5 Å². The Hall–Kier alpha value is -2.19. The van der Waals surface area contributed by atoms with Crippen molar-refractivity contribution in [3.05, 3.63) is 58.6 Å². The van der Waals surface area contributed by atoms with Crippen molar-refractivity contribution in [3.63, 3.8) is 0 Å². The number of hydrogen-bond donors (Lipinski definition) is 0. The van der Waals surface area contributed by atoms with Crippen molar-refractivity contribution in [1.82, 2.24) is 4.90 Å². The van der Waals surface area contributed by atoms with Gasteiger partial charge in [-0.2, -0.15) is 0 Å². The van der Waals surface area contributed by atoms with E-state index in [9.17, 15) is 17.6 Å². The molecule has 1 saturated heterocycles. The third kappa shape index (κ3) is 3.48. The van der Waals surface area contributed by atoms with E-state index in [4.69, 9.17) is 16.3 Å². The van der Waals surface area contributed by atoms with Crippen LogP contribution in [-0.2, 0) is 19.4 Å². The monoisotopic (exact) mass is 483 g/mol. The Labute approximate surface area is 191 Å². The van der Waals surface area contributed by atoms with E-state index in [2.05, 4.69) is 0 Å². The van der Waals surface area contributed by atoms with Crippen LogP contribution in [0.3, 0.4) is 0 Å². The second kappa shape index (κ2) is 8.63. The summed E-state index contributed by atoms with van der Waals surface area (Å²) in [6.07, 6.45) is 2.08. The second-order valence-electron chi connectivity index (χ2n) is 8.20. The summed E-state index contributed by atoms with van der Waals surface area (Å²) >= 11 is 5.95. The molecule has 1 fully saturated rings. The highest BCUT2D eigenvalue weighted by atomic mass is 35.5. The Balaban J connectivity index is 1.96. The number of amides is 1. The van der Waals surface area contributed by atoms with Gasteiger partial charge in [-0.1, -0.05) is 24.9 Å². The van der Waals surface area contributed by atoms with Crippen LogP contribution in [0, 0.1) is 11.6 Å². The van der Waals surface area contributed by atoms with Crippen LogP contribution < -0.4 is 4.74 Å². The molecule has 9 heteroatoms. The topological polar surface area (TPSA) is 63.7 Å². The molecule has 2 heterocycles. The van der Waals surface area contributed by atoms with Gasteiger partial charge in [-0.25, -0.2) is 17.2 Å². The van der Waals surface area contributed by atoms with E-state index in [0.717, 1.165) is 18.6 Å². The molecule has 0 aromatic heterocycles. The summed E-state index contributed by atoms with van der Waals surface area (Å²) in [5.41, 5.74) is -0.336. The smallest absolute Gasteiger partial charge is 0.222 e. The normalized spacial score (nSPS) is 22.6. The van der Waals surface area contributed by atoms with Gasteiger partial charge in [0.2, 0.25) is 5.91 Å². The molecule has 4 rings (SSSR count). The van der Waals surface area contributed by atoms with E-state index in [1.54, 1.807) is 0 Å². The van der Waals surface area contributed by atoms with Crippen LogP contribution in [0.4, 0.5) is 8.78 Å². The van der Waals surface area contributed by atoms with Crippen molar-refractivity contribution in [2.24, 2.45) is 0 Å². The number of ether oxygens (including phenoxy) is 1. The van der Waals surface area contributed by atoms with Crippen molar-refractivity contribution < 1.29 is 26.7 Å². The van der Waals surface area contributed by atoms with Crippen molar-refractivity contribution in [2.45, 2.75) is 54.7 Å². The van der Waals surface area contributed by atoms with E-state index >= 15 is 4.39 Å². The van der Waals surface area contributed by atoms with Gasteiger partial charge in [0.1, 0.15) is 17.2 Å². The first kappa shape index (κ1) is 23.0. The van der Waals surface area contributed by atoms with E-state index < -0.39 is 38.0 Å². The average Bonchev–Trinajstić information content (AvgIpc) is 2.79. The molecule has 172 valence electrons. The number of fused-ring (bicyclic) bond motifs is 3. The molecule has 1 amide bonds. The first-order valence-electron chi connectivity index (χ1n) is 10.6. The van der Waals surface area contributed by atoms with E-state index in [1.807, 2.05) is 6.92 Å². The predicted molar refractivity (Wildman–Crippen MR) is 116 cm³/mol. The molecule has 0 radical (unpaired) electrons. The first-order chi connectivity index (χ1) is 15.2. The predicted octanol–water partition coefficient (Wildman–Crippen LogP) is 4.86. The number of nitrogens with zero attached hydrogens (tertiary/aromatic N) is 1. The number of halogens is 3. The molecule has 0 N–H and O–H groups in total. The summed E-state index contributed by atoms with van der Waals surface area (Å²) in [4.78, 5) is 14.4. The summed E-state index contributed by atoms with van der Waals surface area (Å²) < 4.78 is 61.9. The second-order valence-corrected chi connectivity index (χ2v) is 10.8. The van der Waals surface area contributed by atoms with Gasteiger partial charge in [-0.15, -0.1) is 0 Å². The lowest BCUT2D eigenvalue weighted by atomic mass is 9.80. The SMILES string of the molecule is CCCCC(=O)N1CCC[C@]2(S(=O)(=O)c3ccc(Cl)cc3)c3c(F)ccc(F)c3OC[C@H]12. The van der Waals surface area contributed by atoms with Gasteiger partial charge in [-0.3, -0.25) is 4.79 Å². The minimum Gasteiger partial charge on any atom is -0.488 e. The van der Waals surface area contributed by atoms with Gasteiger partial charge in [0.15, 0.2) is 21.4 Å². The van der Waals surface area contributed by atoms with Gasteiger partial charge in [-0.05, 0) is 55.7 Å². The molecular formula is C23H24ClF2NO4S. The lowest BCUT2D eigenvalue weighted by Crippen LogP contribution is -2.64. The summed E-state index contributed by atoms with van der Waals surface area (Å²) in [6, 6.07) is 6.44. The van der Waals surface area contributed by atoms with Gasteiger partial charge >= 0.3 is 0 Å². The van der Waals surface area contributed by atoms with Crippen LogP contribution in [0.1, 0.15) is 44.6 Å². The third-order valence-electron chi connectivity index (χ3n) is 6.40. The highest BCUT2D eigenvalue weighted by Gasteiger charge is 2.61. The number of piperidine rings is 1. The van der Waals surface area contributed by atoms with Crippen LogP contribution >= 0.6 is 11.6 Å². The van der Waals surface area contributed by atoms with Crippen molar-refractivity contribution in [3.8, 4) is 5.75 Å². The Morgan fingerprint density at radius 3 is 2.56 bits per heavy atom. The highest BCUT2D eigenvalue weighted by molar-refractivity contribution is 7.92. The minimum atomic E-state index is -4.28. The van der Waals surface area contributed by atoms with Crippen LogP contribution in [0.15, 0.2) is 41.3 Å². The maximum Gasteiger partial charge on any atom is 0.222 e. The summed E-state index contributed by atoms with van der Waals surface area (Å²) in [7, 11) is -4.28. The number of hydrogen-bond acceptors (Lipinski definition) is 4. The fraction of sp³-hybridized carbons (Fsp3) is 0.435. The Bertz CT molecular complexity index is 1140. The number of likely N-dealkylation sites (tertiary alicyclic amines) is 1. The molecular weight excluding hydrogens is 460 g/mol. The summed E-state index contributed by atoms with van der Waals surface area (Å²) in [5.74, 6) is -2.32. The maximum absolute atomic E-state index is 15.3. The number of benzene rings is 2. The lowest BCUT2D eigenvalue weighted by Gasteiger charge is -2.51. The van der Waals surface area contributed by atoms with Crippen molar-refractivity contribution >= 4 is 27.3 Å². The molecule has 2 aromatic carbocycles. The van der Waals surface area contributed by atoms with Crippen LogP contribution in [0.2, 0.25) is 5.02 Å². The number of sulfone groups is 1. The molecule has 0 unspecified atom stereocenters. The average molecular weight is 484 g/mol. The molecule has 2 atom stereocenters. The molecule has 0 spiro atoms. The molecule has 0 saturated carbocycles. The first-order valence-corrected chi connectivity index (χ1v) is 12.5. The van der Waals surface area contributed by atoms with E-state index in [1.165, 1.54) is 29.2 Å². The standard InChI is InChI=1S/C23H24ClF2NO4S/c1-2-3-5-20(28)27-13-4-12-23(32(29,30)16-8-6-15(24)7-9-16)19(27)14-31-22-18(26)11-10-17(25)21(22)23/h6-11,19H,2-5,12-14H2,1H3/t19-,23+/m0/s1. The lowest BCUT2D eigenvalue weighted by molar-refractivity contribution is -0.137. The van der Waals surface area contributed by atoms with Gasteiger partial charge in [0, 0.05) is 18.0 Å². The van der Waals surface area contributed by atoms with Crippen LogP contribution in [0.5, 0.6) is 5.75 Å². The molecule has 0 bridgehead atoms. The van der Waals surface area contributed by atoms with Crippen molar-refractivity contribution in [2.75, 3.05) is 13.2 Å². The molecule has 2 aliphatic heterocycles. The zero-order chi connectivity index (χ0) is 23.1.